The Morgan fingerprint density at radius 1 is 1.10 bits per heavy atom. The Balaban J connectivity index is 0.00000420. The van der Waals surface area contributed by atoms with E-state index in [-0.39, 0.29) is 24.0 Å². The van der Waals surface area contributed by atoms with Crippen molar-refractivity contribution in [2.24, 2.45) is 4.99 Å². The Kier molecular flexibility index (Phi) is 12.4. The molecule has 0 radical (unpaired) electrons. The summed E-state index contributed by atoms with van der Waals surface area (Å²) in [5, 5.41) is 10.7. The quantitative estimate of drug-likeness (QED) is 0.203. The van der Waals surface area contributed by atoms with Crippen LogP contribution in [0.3, 0.4) is 0 Å². The molecule has 0 aliphatic heterocycles. The predicted molar refractivity (Wildman–Crippen MR) is 126 cm³/mol. The molecule has 1 aromatic carbocycles. The molecule has 1 aromatic heterocycles. The first-order valence-electron chi connectivity index (χ1n) is 9.80. The van der Waals surface area contributed by atoms with Crippen molar-refractivity contribution in [2.45, 2.75) is 45.7 Å². The van der Waals surface area contributed by atoms with E-state index in [1.807, 2.05) is 30.3 Å². The molecular weight excluding hydrogens is 483 g/mol. The summed E-state index contributed by atoms with van der Waals surface area (Å²) in [5.74, 6) is 2.81. The molecule has 0 spiro atoms. The first-order chi connectivity index (χ1) is 13.7. The van der Waals surface area contributed by atoms with Crippen molar-refractivity contribution >= 4 is 29.9 Å². The third kappa shape index (κ3) is 8.61. The standard InChI is InChI=1S/C21H32N4O3.HI/c1-5-17(6-2)20-13-19(28-25-20)15-24-21(22-3)23-14-16-7-9-18(10-8-16)27-12-11-26-4;/h7-10,13,17H,5-6,11-12,14-15H2,1-4H3,(H2,22,23,24);1H. The molecule has 0 aliphatic carbocycles. The van der Waals surface area contributed by atoms with E-state index in [2.05, 4.69) is 34.6 Å². The summed E-state index contributed by atoms with van der Waals surface area (Å²) in [7, 11) is 3.41. The maximum Gasteiger partial charge on any atom is 0.191 e. The monoisotopic (exact) mass is 516 g/mol. The molecule has 29 heavy (non-hydrogen) atoms. The van der Waals surface area contributed by atoms with Gasteiger partial charge < -0.3 is 24.6 Å². The minimum atomic E-state index is 0. The number of aliphatic imine (C=N–C) groups is 1. The molecule has 2 aromatic rings. The highest BCUT2D eigenvalue weighted by Crippen LogP contribution is 2.22. The van der Waals surface area contributed by atoms with Gasteiger partial charge in [0.1, 0.15) is 12.4 Å². The molecule has 0 aliphatic rings. The molecule has 8 heteroatoms. The molecule has 0 bridgehead atoms. The van der Waals surface area contributed by atoms with E-state index >= 15 is 0 Å². The zero-order valence-electron chi connectivity index (χ0n) is 17.7. The van der Waals surface area contributed by atoms with Crippen LogP contribution in [-0.2, 0) is 17.8 Å². The highest BCUT2D eigenvalue weighted by molar-refractivity contribution is 14.0. The maximum absolute atomic E-state index is 5.57. The number of hydrogen-bond donors (Lipinski definition) is 2. The van der Waals surface area contributed by atoms with Crippen molar-refractivity contribution < 1.29 is 14.0 Å². The van der Waals surface area contributed by atoms with Gasteiger partial charge in [0.25, 0.3) is 0 Å². The molecule has 7 nitrogen and oxygen atoms in total. The Labute approximate surface area is 190 Å². The van der Waals surface area contributed by atoms with Gasteiger partial charge in [-0.3, -0.25) is 4.99 Å². The largest absolute Gasteiger partial charge is 0.491 e. The highest BCUT2D eigenvalue weighted by atomic mass is 127. The van der Waals surface area contributed by atoms with Gasteiger partial charge >= 0.3 is 0 Å². The summed E-state index contributed by atoms with van der Waals surface area (Å²) >= 11 is 0. The van der Waals surface area contributed by atoms with Crippen LogP contribution >= 0.6 is 24.0 Å². The molecule has 0 saturated carbocycles. The molecule has 2 N–H and O–H groups in total. The van der Waals surface area contributed by atoms with Crippen molar-refractivity contribution in [3.63, 3.8) is 0 Å². The van der Waals surface area contributed by atoms with Gasteiger partial charge in [-0.15, -0.1) is 24.0 Å². The first kappa shape index (κ1) is 25.2. The lowest BCUT2D eigenvalue weighted by molar-refractivity contribution is 0.146. The minimum absolute atomic E-state index is 0. The minimum Gasteiger partial charge on any atom is -0.491 e. The normalized spacial score (nSPS) is 11.3. The molecule has 0 fully saturated rings. The summed E-state index contributed by atoms with van der Waals surface area (Å²) in [5.41, 5.74) is 2.16. The maximum atomic E-state index is 5.57. The second-order valence-electron chi connectivity index (χ2n) is 6.50. The number of methoxy groups -OCH3 is 1. The van der Waals surface area contributed by atoms with Crippen LogP contribution in [0.5, 0.6) is 5.75 Å². The lowest BCUT2D eigenvalue weighted by atomic mass is 9.99. The van der Waals surface area contributed by atoms with Crippen LogP contribution in [-0.4, -0.2) is 38.5 Å². The topological polar surface area (TPSA) is 80.9 Å². The van der Waals surface area contributed by atoms with Crippen LogP contribution in [0.1, 0.15) is 49.6 Å². The van der Waals surface area contributed by atoms with E-state index in [1.54, 1.807) is 14.2 Å². The third-order valence-electron chi connectivity index (χ3n) is 4.57. The molecule has 0 unspecified atom stereocenters. The first-order valence-corrected chi connectivity index (χ1v) is 9.80. The molecular formula is C21H33IN4O3. The van der Waals surface area contributed by atoms with E-state index < -0.39 is 0 Å². The van der Waals surface area contributed by atoms with E-state index in [1.165, 1.54) is 0 Å². The smallest absolute Gasteiger partial charge is 0.191 e. The number of halogens is 1. The van der Waals surface area contributed by atoms with Crippen molar-refractivity contribution in [2.75, 3.05) is 27.4 Å². The van der Waals surface area contributed by atoms with Gasteiger partial charge in [-0.2, -0.15) is 0 Å². The van der Waals surface area contributed by atoms with Gasteiger partial charge in [-0.1, -0.05) is 31.1 Å². The summed E-state index contributed by atoms with van der Waals surface area (Å²) in [6, 6.07) is 10.00. The van der Waals surface area contributed by atoms with E-state index in [9.17, 15) is 0 Å². The fourth-order valence-corrected chi connectivity index (χ4v) is 2.84. The van der Waals surface area contributed by atoms with Gasteiger partial charge in [0.2, 0.25) is 0 Å². The van der Waals surface area contributed by atoms with Crippen LogP contribution < -0.4 is 15.4 Å². The molecule has 1 heterocycles. The molecule has 0 amide bonds. The van der Waals surface area contributed by atoms with Crippen molar-refractivity contribution in [1.82, 2.24) is 15.8 Å². The van der Waals surface area contributed by atoms with E-state index in [4.69, 9.17) is 14.0 Å². The second kappa shape index (κ2) is 14.2. The van der Waals surface area contributed by atoms with Crippen LogP contribution in [0.15, 0.2) is 39.8 Å². The summed E-state index contributed by atoms with van der Waals surface area (Å²) < 4.78 is 16.0. The van der Waals surface area contributed by atoms with Crippen LogP contribution in [0.25, 0.3) is 0 Å². The van der Waals surface area contributed by atoms with Crippen LogP contribution in [0, 0.1) is 0 Å². The summed E-state index contributed by atoms with van der Waals surface area (Å²) in [6.45, 7) is 6.67. The number of ether oxygens (including phenoxy) is 2. The van der Waals surface area contributed by atoms with Crippen molar-refractivity contribution in [1.29, 1.82) is 0 Å². The Morgan fingerprint density at radius 3 is 2.41 bits per heavy atom. The van der Waals surface area contributed by atoms with Gasteiger partial charge in [0.05, 0.1) is 18.8 Å². The Hall–Kier alpha value is -1.81. The molecule has 0 saturated heterocycles. The number of aromatic nitrogens is 1. The molecule has 0 atom stereocenters. The number of rotatable bonds is 11. The number of hydrogen-bond acceptors (Lipinski definition) is 5. The molecule has 2 rings (SSSR count). The lowest BCUT2D eigenvalue weighted by Crippen LogP contribution is -2.36. The lowest BCUT2D eigenvalue weighted by Gasteiger charge is -2.11. The molecule has 162 valence electrons. The fourth-order valence-electron chi connectivity index (χ4n) is 2.84. The van der Waals surface area contributed by atoms with Crippen molar-refractivity contribution in [3.8, 4) is 5.75 Å². The van der Waals surface area contributed by atoms with Gasteiger partial charge in [-0.25, -0.2) is 0 Å². The number of benzene rings is 1. The summed E-state index contributed by atoms with van der Waals surface area (Å²) in [6.07, 6.45) is 2.13. The summed E-state index contributed by atoms with van der Waals surface area (Å²) in [4.78, 5) is 4.25. The van der Waals surface area contributed by atoms with Crippen LogP contribution in [0.4, 0.5) is 0 Å². The van der Waals surface area contributed by atoms with E-state index in [0.29, 0.717) is 38.2 Å². The van der Waals surface area contributed by atoms with Gasteiger partial charge in [0, 0.05) is 32.7 Å². The van der Waals surface area contributed by atoms with Crippen molar-refractivity contribution in [3.05, 3.63) is 47.3 Å². The van der Waals surface area contributed by atoms with Crippen LogP contribution in [0.2, 0.25) is 0 Å². The van der Waals surface area contributed by atoms with Gasteiger partial charge in [-0.05, 0) is 30.5 Å². The Bertz CT molecular complexity index is 715. The number of nitrogens with one attached hydrogen (secondary N) is 2. The fraction of sp³-hybridized carbons (Fsp3) is 0.524. The van der Waals surface area contributed by atoms with Gasteiger partial charge in [0.15, 0.2) is 11.7 Å². The third-order valence-corrected chi connectivity index (χ3v) is 4.57. The van der Waals surface area contributed by atoms with E-state index in [0.717, 1.165) is 35.6 Å². The average molecular weight is 516 g/mol. The Morgan fingerprint density at radius 2 is 1.79 bits per heavy atom. The highest BCUT2D eigenvalue weighted by Gasteiger charge is 2.13. The average Bonchev–Trinajstić information content (AvgIpc) is 3.19. The number of nitrogens with zero attached hydrogens (tertiary/aromatic N) is 2. The zero-order chi connectivity index (χ0) is 20.2. The number of guanidine groups is 1. The second-order valence-corrected chi connectivity index (χ2v) is 6.50. The predicted octanol–water partition coefficient (Wildman–Crippen LogP) is 4.09. The zero-order valence-corrected chi connectivity index (χ0v) is 20.1. The SMILES string of the molecule is CCC(CC)c1cc(CNC(=NC)NCc2ccc(OCCOC)cc2)on1.I.